The monoisotopic (exact) mass is 915 g/mol. The smallest absolute Gasteiger partial charge is 0.138 e. The van der Waals surface area contributed by atoms with Gasteiger partial charge < -0.3 is 29.8 Å². The zero-order valence-corrected chi connectivity index (χ0v) is 36.3. The minimum absolute atomic E-state index is 0.218. The lowest BCUT2D eigenvalue weighted by Crippen LogP contribution is -2.27. The summed E-state index contributed by atoms with van der Waals surface area (Å²) < 4.78 is 2.77. The minimum Gasteiger partial charge on any atom is -0.395 e. The predicted octanol–water partition coefficient (Wildman–Crippen LogP) is 6.17. The summed E-state index contributed by atoms with van der Waals surface area (Å²) in [6, 6.07) is 2.16. The van der Waals surface area contributed by atoms with Crippen LogP contribution in [-0.4, -0.2) is 152 Å². The molecule has 0 spiro atoms. The highest BCUT2D eigenvalue weighted by Gasteiger charge is 2.27. The van der Waals surface area contributed by atoms with Crippen molar-refractivity contribution in [3.05, 3.63) is 49.9 Å². The second-order valence-corrected chi connectivity index (χ2v) is 16.9. The van der Waals surface area contributed by atoms with Gasteiger partial charge in [-0.2, -0.15) is 0 Å². The zero-order valence-electron chi connectivity index (χ0n) is 31.6. The van der Waals surface area contributed by atoms with Gasteiger partial charge in [-0.05, 0) is 180 Å². The van der Waals surface area contributed by atoms with Crippen molar-refractivity contribution in [2.45, 2.75) is 94.4 Å². The number of nitrogens with one attached hydrogen (secondary N) is 3. The van der Waals surface area contributed by atoms with Crippen molar-refractivity contribution in [3.63, 3.8) is 0 Å². The van der Waals surface area contributed by atoms with Crippen LogP contribution in [0.4, 0.5) is 0 Å². The molecule has 5 unspecified atom stereocenters. The van der Waals surface area contributed by atoms with E-state index < -0.39 is 0 Å². The van der Waals surface area contributed by atoms with Crippen molar-refractivity contribution in [2.24, 2.45) is 0 Å². The largest absolute Gasteiger partial charge is 0.395 e. The zero-order chi connectivity index (χ0) is 37.6. The van der Waals surface area contributed by atoms with E-state index in [0.29, 0.717) is 30.8 Å². The van der Waals surface area contributed by atoms with E-state index in [1.165, 1.54) is 77.4 Å². The van der Waals surface area contributed by atoms with Crippen molar-refractivity contribution in [1.82, 2.24) is 54.4 Å². The van der Waals surface area contributed by atoms with Crippen molar-refractivity contribution in [3.8, 4) is 0 Å². The fourth-order valence-corrected chi connectivity index (χ4v) is 8.42. The van der Waals surface area contributed by atoms with Gasteiger partial charge in [0.1, 0.15) is 37.6 Å². The van der Waals surface area contributed by atoms with Gasteiger partial charge in [0.25, 0.3) is 0 Å². The maximum absolute atomic E-state index is 10.2. The van der Waals surface area contributed by atoms with Crippen LogP contribution < -0.4 is 0 Å². The van der Waals surface area contributed by atoms with Crippen LogP contribution in [0.1, 0.15) is 99.8 Å². The molecule has 5 aliphatic heterocycles. The van der Waals surface area contributed by atoms with E-state index in [1.54, 1.807) is 0 Å². The molecule has 0 aliphatic carbocycles. The van der Waals surface area contributed by atoms with E-state index in [0.717, 1.165) is 57.1 Å². The molecule has 3 aromatic rings. The lowest BCUT2D eigenvalue weighted by atomic mass is 10.2. The van der Waals surface area contributed by atoms with Crippen molar-refractivity contribution in [2.75, 3.05) is 74.6 Å². The summed E-state index contributed by atoms with van der Waals surface area (Å²) in [5, 5.41) is 8.69. The van der Waals surface area contributed by atoms with Crippen LogP contribution in [0.25, 0.3) is 0 Å². The second-order valence-electron chi connectivity index (χ2n) is 14.5. The number of halogens is 3. The molecule has 0 bridgehead atoms. The maximum Gasteiger partial charge on any atom is 0.138 e. The van der Waals surface area contributed by atoms with Gasteiger partial charge in [-0.1, -0.05) is 0 Å². The van der Waals surface area contributed by atoms with E-state index in [2.05, 4.69) is 130 Å². The Morgan fingerprint density at radius 2 is 1.25 bits per heavy atom. The molecule has 5 saturated heterocycles. The highest BCUT2D eigenvalue weighted by molar-refractivity contribution is 9.13. The Labute approximate surface area is 335 Å². The molecule has 13 nitrogen and oxygen atoms in total. The standard InChI is InChI=1S/C8H11Br2N3.C8H12BrN3.C8H13N3.C6H13NO.C6H11NO/c1-13-4-2-3-5(13)8-11-6(9)7(10)12-8;1-12-4-2-3-6(12)8-10-5-7(9)11-8;1-11-6-2-3-7(11)8-9-4-5-10-8;2*1-7-4-2-3-6(7)5-8/h5H,2-4H2,1H3,(H,11,12);5-6H,2-4H2,1H3,(H,10,11);4-5,7H,2-3,6H2,1H3,(H,9,10);6,8H,2-5H2,1H3;5-6H,2-4H2,1H3. The summed E-state index contributed by atoms with van der Waals surface area (Å²) in [5.41, 5.74) is 0. The summed E-state index contributed by atoms with van der Waals surface area (Å²) in [5.74, 6) is 3.26. The molecule has 8 rings (SSSR count). The first kappa shape index (κ1) is 43.2. The number of hydrogen-bond donors (Lipinski definition) is 4. The average Bonchev–Trinajstić information content (AvgIpc) is 3.97. The van der Waals surface area contributed by atoms with Crippen LogP contribution in [0.3, 0.4) is 0 Å². The molecular weight excluding hydrogens is 858 g/mol. The molecule has 5 aliphatic rings. The fourth-order valence-electron chi connectivity index (χ4n) is 7.53. The van der Waals surface area contributed by atoms with Gasteiger partial charge in [0.15, 0.2) is 0 Å². The lowest BCUT2D eigenvalue weighted by Gasteiger charge is -2.16. The number of nitrogens with zero attached hydrogens (tertiary/aromatic N) is 8. The third-order valence-corrected chi connectivity index (χ3v) is 12.9. The highest BCUT2D eigenvalue weighted by Crippen LogP contribution is 2.32. The van der Waals surface area contributed by atoms with E-state index in [9.17, 15) is 4.79 Å². The molecule has 16 heteroatoms. The third-order valence-electron chi connectivity index (χ3n) is 10.8. The molecule has 8 heterocycles. The van der Waals surface area contributed by atoms with Crippen molar-refractivity contribution in [1.29, 1.82) is 0 Å². The molecule has 5 atom stereocenters. The summed E-state index contributed by atoms with van der Waals surface area (Å²) in [6.45, 7) is 6.13. The number of likely N-dealkylation sites (tertiary alicyclic amines) is 5. The number of aldehydes is 1. The Balaban J connectivity index is 0.000000147. The van der Waals surface area contributed by atoms with Gasteiger partial charge in [-0.15, -0.1) is 0 Å². The molecule has 4 N–H and O–H groups in total. The second kappa shape index (κ2) is 22.2. The molecule has 292 valence electrons. The average molecular weight is 919 g/mol. The van der Waals surface area contributed by atoms with Gasteiger partial charge in [0, 0.05) is 18.4 Å². The number of hydrogen-bond acceptors (Lipinski definition) is 10. The number of aliphatic hydroxyl groups is 1. The van der Waals surface area contributed by atoms with Gasteiger partial charge >= 0.3 is 0 Å². The van der Waals surface area contributed by atoms with Crippen LogP contribution in [0.15, 0.2) is 32.4 Å². The Kier molecular flexibility index (Phi) is 18.4. The van der Waals surface area contributed by atoms with E-state index in [1.807, 2.05) is 25.6 Å². The number of carbonyl (C=O) groups excluding carboxylic acids is 1. The number of carbonyl (C=O) groups is 1. The Morgan fingerprint density at radius 1 is 0.712 bits per heavy atom. The minimum atomic E-state index is 0.218. The number of aromatic nitrogens is 6. The number of aromatic amines is 3. The molecule has 3 aromatic heterocycles. The molecule has 0 radical (unpaired) electrons. The van der Waals surface area contributed by atoms with Crippen molar-refractivity contribution >= 4 is 54.1 Å². The SMILES string of the molecule is CN1CCCC1C=O.CN1CCCC1CO.CN1CCCC1c1nc(Br)c(Br)[nH]1.CN1CCCC1c1ncc(Br)[nH]1.CN1CCCC1c1ncc[nH]1. The first-order valence-electron chi connectivity index (χ1n) is 18.7. The van der Waals surface area contributed by atoms with Gasteiger partial charge in [-0.3, -0.25) is 19.6 Å². The van der Waals surface area contributed by atoms with Crippen LogP contribution in [0, 0.1) is 0 Å². The predicted molar refractivity (Wildman–Crippen MR) is 217 cm³/mol. The van der Waals surface area contributed by atoms with Gasteiger partial charge in [0.05, 0.1) is 37.0 Å². The summed E-state index contributed by atoms with van der Waals surface area (Å²) >= 11 is 10.1. The van der Waals surface area contributed by atoms with E-state index >= 15 is 0 Å². The van der Waals surface area contributed by atoms with Crippen molar-refractivity contribution < 1.29 is 9.90 Å². The van der Waals surface area contributed by atoms with Crippen LogP contribution >= 0.6 is 47.8 Å². The Bertz CT molecular complexity index is 1420. The van der Waals surface area contributed by atoms with Gasteiger partial charge in [0.2, 0.25) is 0 Å². The summed E-state index contributed by atoms with van der Waals surface area (Å²) in [7, 11) is 10.5. The van der Waals surface area contributed by atoms with Crippen LogP contribution in [0.5, 0.6) is 0 Å². The Morgan fingerprint density at radius 3 is 1.60 bits per heavy atom. The maximum atomic E-state index is 10.2. The number of H-pyrrole nitrogens is 3. The number of rotatable bonds is 5. The number of aliphatic hydroxyl groups excluding tert-OH is 1. The normalized spacial score (nSPS) is 26.9. The summed E-state index contributed by atoms with van der Waals surface area (Å²) in [4.78, 5) is 44.1. The fraction of sp³-hybridized carbons (Fsp3) is 0.722. The quantitative estimate of drug-likeness (QED) is 0.220. The number of imidazole rings is 3. The first-order valence-corrected chi connectivity index (χ1v) is 21.1. The third kappa shape index (κ3) is 12.8. The topological polar surface area (TPSA) is 140 Å². The van der Waals surface area contributed by atoms with E-state index in [-0.39, 0.29) is 6.04 Å². The number of likely N-dealkylation sites (N-methyl/N-ethyl adjacent to an activating group) is 2. The van der Waals surface area contributed by atoms with Crippen LogP contribution in [0.2, 0.25) is 0 Å². The molecule has 5 fully saturated rings. The molecule has 0 aromatic carbocycles. The summed E-state index contributed by atoms with van der Waals surface area (Å²) in [6.07, 6.45) is 18.7. The molecular formula is C36H60Br3N11O2. The van der Waals surface area contributed by atoms with E-state index in [4.69, 9.17) is 5.11 Å². The molecule has 0 saturated carbocycles. The highest BCUT2D eigenvalue weighted by atomic mass is 79.9. The molecule has 52 heavy (non-hydrogen) atoms. The molecule has 0 amide bonds. The van der Waals surface area contributed by atoms with Gasteiger partial charge in [-0.25, -0.2) is 15.0 Å². The van der Waals surface area contributed by atoms with Crippen LogP contribution in [-0.2, 0) is 4.79 Å². The lowest BCUT2D eigenvalue weighted by molar-refractivity contribution is -0.111. The Hall–Kier alpha value is -1.50. The first-order chi connectivity index (χ1) is 25.0.